The molecule has 0 fully saturated rings. The van der Waals surface area contributed by atoms with Crippen LogP contribution in [0, 0.1) is 11.6 Å². The number of halogens is 2. The van der Waals surface area contributed by atoms with Crippen LogP contribution in [-0.4, -0.2) is 37.8 Å². The number of ether oxygens (including phenoxy) is 2. The Kier molecular flexibility index (Phi) is 5.09. The molecule has 31 heavy (non-hydrogen) atoms. The Morgan fingerprint density at radius 1 is 1.23 bits per heavy atom. The molecule has 1 aromatic carbocycles. The van der Waals surface area contributed by atoms with Crippen LogP contribution in [0.25, 0.3) is 11.0 Å². The van der Waals surface area contributed by atoms with Crippen LogP contribution in [0.3, 0.4) is 0 Å². The first-order valence-corrected chi connectivity index (χ1v) is 10.6. The summed E-state index contributed by atoms with van der Waals surface area (Å²) in [5.74, 6) is -2.38. The predicted octanol–water partition coefficient (Wildman–Crippen LogP) is 2.91. The number of rotatable bonds is 5. The number of pyridine rings is 2. The number of nitrogens with zero attached hydrogens (tertiary/aromatic N) is 3. The Bertz CT molecular complexity index is 1290. The van der Waals surface area contributed by atoms with Crippen LogP contribution in [0.15, 0.2) is 30.5 Å². The average Bonchev–Trinajstić information content (AvgIpc) is 2.70. The minimum atomic E-state index is -3.97. The summed E-state index contributed by atoms with van der Waals surface area (Å²) in [4.78, 5) is 22.0. The van der Waals surface area contributed by atoms with Crippen LogP contribution in [0.4, 0.5) is 19.3 Å². The van der Waals surface area contributed by atoms with E-state index in [1.54, 1.807) is 12.1 Å². The SMILES string of the molecule is COc1ccc2c3c(cnc2n1)COC(=O)N3Cc1c(F)cc(OS(C)(=O)=O)cc1F. The number of aromatic nitrogens is 2. The molecule has 9 nitrogen and oxygen atoms in total. The van der Waals surface area contributed by atoms with Crippen LogP contribution in [0.1, 0.15) is 11.1 Å². The zero-order valence-electron chi connectivity index (χ0n) is 16.3. The molecule has 3 aromatic rings. The van der Waals surface area contributed by atoms with E-state index in [1.165, 1.54) is 13.3 Å². The van der Waals surface area contributed by atoms with Gasteiger partial charge in [-0.25, -0.2) is 18.6 Å². The van der Waals surface area contributed by atoms with Crippen molar-refractivity contribution in [2.75, 3.05) is 18.3 Å². The summed E-state index contributed by atoms with van der Waals surface area (Å²) in [6.45, 7) is -0.584. The van der Waals surface area contributed by atoms with E-state index in [0.717, 1.165) is 23.3 Å². The summed E-state index contributed by atoms with van der Waals surface area (Å²) in [5, 5.41) is 0.466. The molecule has 0 saturated carbocycles. The summed E-state index contributed by atoms with van der Waals surface area (Å²) in [6.07, 6.45) is 1.39. The van der Waals surface area contributed by atoms with E-state index in [2.05, 4.69) is 14.2 Å². The normalized spacial score (nSPS) is 13.7. The zero-order chi connectivity index (χ0) is 22.3. The van der Waals surface area contributed by atoms with E-state index >= 15 is 0 Å². The molecule has 0 saturated heterocycles. The van der Waals surface area contributed by atoms with Gasteiger partial charge in [-0.3, -0.25) is 4.90 Å². The van der Waals surface area contributed by atoms with Crippen LogP contribution in [0.2, 0.25) is 0 Å². The van der Waals surface area contributed by atoms with Gasteiger partial charge in [-0.1, -0.05) is 0 Å². The molecule has 1 amide bonds. The fourth-order valence-corrected chi connectivity index (χ4v) is 3.64. The molecule has 12 heteroatoms. The van der Waals surface area contributed by atoms with Crippen LogP contribution in [-0.2, 0) is 28.0 Å². The maximum absolute atomic E-state index is 14.6. The number of hydrogen-bond acceptors (Lipinski definition) is 8. The highest BCUT2D eigenvalue weighted by Crippen LogP contribution is 2.36. The molecular weight excluding hydrogens is 436 g/mol. The van der Waals surface area contributed by atoms with Crippen molar-refractivity contribution in [1.82, 2.24) is 9.97 Å². The number of carbonyl (C=O) groups is 1. The summed E-state index contributed by atoms with van der Waals surface area (Å²) < 4.78 is 66.4. The molecule has 0 aliphatic carbocycles. The summed E-state index contributed by atoms with van der Waals surface area (Å²) in [7, 11) is -2.53. The summed E-state index contributed by atoms with van der Waals surface area (Å²) in [5.41, 5.74) is 0.677. The Hall–Kier alpha value is -3.54. The highest BCUT2D eigenvalue weighted by molar-refractivity contribution is 7.86. The van der Waals surface area contributed by atoms with Gasteiger partial charge in [-0.2, -0.15) is 13.4 Å². The molecule has 0 spiro atoms. The van der Waals surface area contributed by atoms with E-state index in [4.69, 9.17) is 9.47 Å². The van der Waals surface area contributed by atoms with Gasteiger partial charge in [0.15, 0.2) is 5.65 Å². The molecule has 0 radical (unpaired) electrons. The fraction of sp³-hybridized carbons (Fsp3) is 0.211. The number of hydrogen-bond donors (Lipinski definition) is 0. The Morgan fingerprint density at radius 2 is 1.94 bits per heavy atom. The molecule has 0 unspecified atom stereocenters. The number of cyclic esters (lactones) is 1. The van der Waals surface area contributed by atoms with E-state index in [-0.39, 0.29) is 12.3 Å². The van der Waals surface area contributed by atoms with Gasteiger partial charge in [0.25, 0.3) is 0 Å². The van der Waals surface area contributed by atoms with Gasteiger partial charge in [0, 0.05) is 40.9 Å². The predicted molar refractivity (Wildman–Crippen MR) is 104 cm³/mol. The largest absolute Gasteiger partial charge is 0.481 e. The Morgan fingerprint density at radius 3 is 2.58 bits per heavy atom. The van der Waals surface area contributed by atoms with E-state index in [9.17, 15) is 22.0 Å². The molecule has 1 aliphatic rings. The second-order valence-corrected chi connectivity index (χ2v) is 8.23. The second-order valence-electron chi connectivity index (χ2n) is 6.65. The van der Waals surface area contributed by atoms with Gasteiger partial charge in [0.2, 0.25) is 5.88 Å². The number of benzene rings is 1. The lowest BCUT2D eigenvalue weighted by atomic mass is 10.1. The topological polar surface area (TPSA) is 108 Å². The third-order valence-electron chi connectivity index (χ3n) is 4.48. The lowest BCUT2D eigenvalue weighted by Gasteiger charge is -2.30. The van der Waals surface area contributed by atoms with Crippen molar-refractivity contribution < 1.29 is 35.6 Å². The molecule has 1 aliphatic heterocycles. The maximum Gasteiger partial charge on any atom is 0.414 e. The van der Waals surface area contributed by atoms with Crippen LogP contribution >= 0.6 is 0 Å². The van der Waals surface area contributed by atoms with Crippen LogP contribution < -0.4 is 13.8 Å². The van der Waals surface area contributed by atoms with E-state index < -0.39 is 45.7 Å². The Labute approximate surface area is 175 Å². The van der Waals surface area contributed by atoms with Gasteiger partial charge in [0.05, 0.1) is 25.6 Å². The zero-order valence-corrected chi connectivity index (χ0v) is 17.1. The smallest absolute Gasteiger partial charge is 0.414 e. The number of amides is 1. The molecule has 4 rings (SSSR count). The third kappa shape index (κ3) is 4.06. The number of methoxy groups -OCH3 is 1. The van der Waals surface area contributed by atoms with E-state index in [0.29, 0.717) is 22.5 Å². The summed E-state index contributed by atoms with van der Waals surface area (Å²) >= 11 is 0. The van der Waals surface area contributed by atoms with Gasteiger partial charge < -0.3 is 13.7 Å². The molecule has 0 N–H and O–H groups in total. The van der Waals surface area contributed by atoms with Gasteiger partial charge in [-0.05, 0) is 6.07 Å². The average molecular weight is 451 g/mol. The molecule has 0 bridgehead atoms. The Balaban J connectivity index is 1.78. The first kappa shape index (κ1) is 20.7. The number of anilines is 1. The van der Waals surface area contributed by atoms with Crippen molar-refractivity contribution in [3.8, 4) is 11.6 Å². The molecule has 162 valence electrons. The van der Waals surface area contributed by atoms with Gasteiger partial charge in [0.1, 0.15) is 24.0 Å². The molecular formula is C19H15F2N3O6S. The standard InChI is InChI=1S/C19H15F2N3O6S/c1-28-16-4-3-12-17-10(7-22-18(12)23-16)9-29-19(25)24(17)8-13-14(20)5-11(6-15(13)21)30-31(2,26)27/h3-7H,8-9H2,1-2H3. The van der Waals surface area contributed by atoms with Crippen molar-refractivity contribution in [3.63, 3.8) is 0 Å². The lowest BCUT2D eigenvalue weighted by molar-refractivity contribution is 0.141. The maximum atomic E-state index is 14.6. The van der Waals surface area contributed by atoms with E-state index in [1.807, 2.05) is 0 Å². The molecule has 3 heterocycles. The third-order valence-corrected chi connectivity index (χ3v) is 4.98. The minimum Gasteiger partial charge on any atom is -0.481 e. The fourth-order valence-electron chi connectivity index (χ4n) is 3.19. The summed E-state index contributed by atoms with van der Waals surface area (Å²) in [6, 6.07) is 4.66. The molecule has 2 aromatic heterocycles. The lowest BCUT2D eigenvalue weighted by Crippen LogP contribution is -2.36. The highest BCUT2D eigenvalue weighted by Gasteiger charge is 2.30. The monoisotopic (exact) mass is 451 g/mol. The highest BCUT2D eigenvalue weighted by atomic mass is 32.2. The molecule has 0 atom stereocenters. The van der Waals surface area contributed by atoms with Crippen molar-refractivity contribution in [3.05, 3.63) is 53.2 Å². The number of carbonyl (C=O) groups excluding carboxylic acids is 1. The van der Waals surface area contributed by atoms with Crippen molar-refractivity contribution in [2.24, 2.45) is 0 Å². The minimum absolute atomic E-state index is 0.0638. The van der Waals surface area contributed by atoms with Crippen molar-refractivity contribution in [2.45, 2.75) is 13.2 Å². The first-order valence-electron chi connectivity index (χ1n) is 8.80. The van der Waals surface area contributed by atoms with Crippen LogP contribution in [0.5, 0.6) is 11.6 Å². The second kappa shape index (κ2) is 7.61. The quantitative estimate of drug-likeness (QED) is 0.545. The van der Waals surface area contributed by atoms with Gasteiger partial charge in [-0.15, -0.1) is 0 Å². The van der Waals surface area contributed by atoms with Crippen molar-refractivity contribution in [1.29, 1.82) is 0 Å². The van der Waals surface area contributed by atoms with Crippen molar-refractivity contribution >= 4 is 32.9 Å². The first-order chi connectivity index (χ1) is 14.7. The number of fused-ring (bicyclic) bond motifs is 3. The van der Waals surface area contributed by atoms with Gasteiger partial charge >= 0.3 is 16.2 Å².